The van der Waals surface area contributed by atoms with Gasteiger partial charge in [0.2, 0.25) is 5.91 Å². The van der Waals surface area contributed by atoms with Crippen LogP contribution in [0.25, 0.3) is 0 Å². The minimum absolute atomic E-state index is 0.108. The molecule has 7 nitrogen and oxygen atoms in total. The average molecular weight is 494 g/mol. The lowest BCUT2D eigenvalue weighted by Crippen LogP contribution is -2.40. The molecule has 0 radical (unpaired) electrons. The number of benzene rings is 3. The highest BCUT2D eigenvalue weighted by molar-refractivity contribution is 7.92. The lowest BCUT2D eigenvalue weighted by Gasteiger charge is -2.26. The van der Waals surface area contributed by atoms with Gasteiger partial charge in [0.25, 0.3) is 10.0 Å². The van der Waals surface area contributed by atoms with Crippen molar-refractivity contribution in [1.82, 2.24) is 5.32 Å². The van der Waals surface area contributed by atoms with Crippen molar-refractivity contribution in [1.29, 1.82) is 0 Å². The number of anilines is 2. The zero-order valence-corrected chi connectivity index (χ0v) is 20.7. The second-order valence-corrected chi connectivity index (χ2v) is 10.2. The van der Waals surface area contributed by atoms with Gasteiger partial charge in [0, 0.05) is 25.3 Å². The van der Waals surface area contributed by atoms with Crippen molar-refractivity contribution in [2.75, 3.05) is 35.4 Å². The number of sulfonamides is 1. The highest BCUT2D eigenvalue weighted by Crippen LogP contribution is 2.32. The van der Waals surface area contributed by atoms with Gasteiger partial charge in [0.1, 0.15) is 12.3 Å². The zero-order valence-electron chi connectivity index (χ0n) is 19.9. The maximum Gasteiger partial charge on any atom is 0.264 e. The minimum atomic E-state index is -4.00. The van der Waals surface area contributed by atoms with Crippen LogP contribution in [-0.4, -0.2) is 40.6 Å². The SMILES string of the molecule is CCOc1ccccc1N(CC(=O)NCc1ccc(N2CCCC2)cc1)S(=O)(=O)c1ccccc1. The maximum atomic E-state index is 13.5. The third-order valence-electron chi connectivity index (χ3n) is 5.95. The standard InChI is InChI=1S/C27H31N3O4S/c1-2-34-26-13-7-6-12-25(26)30(35(32,33)24-10-4-3-5-11-24)21-27(31)28-20-22-14-16-23(17-15-22)29-18-8-9-19-29/h3-7,10-17H,2,8-9,18-21H2,1H3,(H,28,31). The van der Waals surface area contributed by atoms with E-state index >= 15 is 0 Å². The summed E-state index contributed by atoms with van der Waals surface area (Å²) in [7, 11) is -4.00. The summed E-state index contributed by atoms with van der Waals surface area (Å²) in [5, 5.41) is 2.86. The van der Waals surface area contributed by atoms with E-state index in [1.807, 2.05) is 19.1 Å². The second kappa shape index (κ2) is 11.3. The molecule has 0 bridgehead atoms. The Morgan fingerprint density at radius 1 is 0.943 bits per heavy atom. The summed E-state index contributed by atoms with van der Waals surface area (Å²) in [5.41, 5.74) is 2.46. The molecular weight excluding hydrogens is 462 g/mol. The van der Waals surface area contributed by atoms with Crippen LogP contribution in [0.15, 0.2) is 83.8 Å². The number of ether oxygens (including phenoxy) is 1. The van der Waals surface area contributed by atoms with Gasteiger partial charge in [-0.25, -0.2) is 8.42 Å². The van der Waals surface area contributed by atoms with Crippen LogP contribution in [0.2, 0.25) is 0 Å². The van der Waals surface area contributed by atoms with Crippen LogP contribution in [0.3, 0.4) is 0 Å². The van der Waals surface area contributed by atoms with Crippen LogP contribution in [0.1, 0.15) is 25.3 Å². The van der Waals surface area contributed by atoms with Gasteiger partial charge < -0.3 is 15.0 Å². The van der Waals surface area contributed by atoms with Crippen molar-refractivity contribution in [2.24, 2.45) is 0 Å². The second-order valence-electron chi connectivity index (χ2n) is 8.36. The molecule has 1 aliphatic rings. The third-order valence-corrected chi connectivity index (χ3v) is 7.72. The molecule has 1 aliphatic heterocycles. The first kappa shape index (κ1) is 24.6. The molecule has 3 aromatic carbocycles. The summed E-state index contributed by atoms with van der Waals surface area (Å²) in [6.07, 6.45) is 2.43. The molecule has 184 valence electrons. The average Bonchev–Trinajstić information content (AvgIpc) is 3.43. The van der Waals surface area contributed by atoms with Crippen LogP contribution in [0.5, 0.6) is 5.75 Å². The predicted molar refractivity (Wildman–Crippen MR) is 138 cm³/mol. The van der Waals surface area contributed by atoms with E-state index < -0.39 is 15.9 Å². The van der Waals surface area contributed by atoms with Gasteiger partial charge in [-0.1, -0.05) is 42.5 Å². The maximum absolute atomic E-state index is 13.5. The highest BCUT2D eigenvalue weighted by atomic mass is 32.2. The first-order valence-corrected chi connectivity index (χ1v) is 13.3. The molecule has 8 heteroatoms. The zero-order chi connectivity index (χ0) is 24.7. The van der Waals surface area contributed by atoms with E-state index in [1.165, 1.54) is 30.7 Å². The normalized spacial score (nSPS) is 13.5. The lowest BCUT2D eigenvalue weighted by molar-refractivity contribution is -0.119. The summed E-state index contributed by atoms with van der Waals surface area (Å²) < 4.78 is 33.9. The minimum Gasteiger partial charge on any atom is -0.492 e. The first-order chi connectivity index (χ1) is 17.0. The quantitative estimate of drug-likeness (QED) is 0.458. The molecule has 0 aliphatic carbocycles. The molecule has 1 fully saturated rings. The summed E-state index contributed by atoms with van der Waals surface area (Å²) in [4.78, 5) is 15.4. The molecule has 0 unspecified atom stereocenters. The predicted octanol–water partition coefficient (Wildman–Crippen LogP) is 4.20. The number of para-hydroxylation sites is 2. The molecule has 35 heavy (non-hydrogen) atoms. The topological polar surface area (TPSA) is 79.0 Å². The van der Waals surface area contributed by atoms with Crippen LogP contribution in [0, 0.1) is 0 Å². The monoisotopic (exact) mass is 493 g/mol. The van der Waals surface area contributed by atoms with Crippen molar-refractivity contribution < 1.29 is 17.9 Å². The fourth-order valence-corrected chi connectivity index (χ4v) is 5.60. The Kier molecular flexibility index (Phi) is 7.92. The van der Waals surface area contributed by atoms with Gasteiger partial charge in [-0.15, -0.1) is 0 Å². The molecule has 1 N–H and O–H groups in total. The van der Waals surface area contributed by atoms with E-state index in [4.69, 9.17) is 4.74 Å². The number of hydrogen-bond donors (Lipinski definition) is 1. The van der Waals surface area contributed by atoms with E-state index in [1.54, 1.807) is 42.5 Å². The number of carbonyl (C=O) groups excluding carboxylic acids is 1. The van der Waals surface area contributed by atoms with Gasteiger partial charge in [-0.05, 0) is 61.7 Å². The van der Waals surface area contributed by atoms with E-state index in [-0.39, 0.29) is 11.4 Å². The fraction of sp³-hybridized carbons (Fsp3) is 0.296. The number of hydrogen-bond acceptors (Lipinski definition) is 5. The number of carbonyl (C=O) groups is 1. The largest absolute Gasteiger partial charge is 0.492 e. The smallest absolute Gasteiger partial charge is 0.264 e. The number of nitrogens with one attached hydrogen (secondary N) is 1. The molecule has 0 aromatic heterocycles. The molecule has 1 saturated heterocycles. The number of nitrogens with zero attached hydrogens (tertiary/aromatic N) is 2. The molecule has 0 atom stereocenters. The molecule has 1 heterocycles. The Labute approximate surface area is 207 Å². The van der Waals surface area contributed by atoms with E-state index in [9.17, 15) is 13.2 Å². The van der Waals surface area contributed by atoms with Gasteiger partial charge in [-0.3, -0.25) is 9.10 Å². The number of rotatable bonds is 10. The van der Waals surface area contributed by atoms with E-state index in [0.717, 1.165) is 23.0 Å². The fourth-order valence-electron chi connectivity index (χ4n) is 4.15. The molecular formula is C27H31N3O4S. The summed E-state index contributed by atoms with van der Waals surface area (Å²) >= 11 is 0. The first-order valence-electron chi connectivity index (χ1n) is 11.9. The van der Waals surface area contributed by atoms with Crippen LogP contribution in [0.4, 0.5) is 11.4 Å². The lowest BCUT2D eigenvalue weighted by atomic mass is 10.2. The third kappa shape index (κ3) is 5.95. The highest BCUT2D eigenvalue weighted by Gasteiger charge is 2.29. The van der Waals surface area contributed by atoms with Gasteiger partial charge >= 0.3 is 0 Å². The molecule has 0 saturated carbocycles. The van der Waals surface area contributed by atoms with E-state index in [2.05, 4.69) is 22.3 Å². The Hall–Kier alpha value is -3.52. The van der Waals surface area contributed by atoms with Crippen LogP contribution >= 0.6 is 0 Å². The Bertz CT molecular complexity index is 1220. The Morgan fingerprint density at radius 2 is 1.60 bits per heavy atom. The molecule has 1 amide bonds. The Morgan fingerprint density at radius 3 is 2.29 bits per heavy atom. The van der Waals surface area contributed by atoms with Gasteiger partial charge in [-0.2, -0.15) is 0 Å². The van der Waals surface area contributed by atoms with Crippen LogP contribution in [-0.2, 0) is 21.4 Å². The number of amides is 1. The summed E-state index contributed by atoms with van der Waals surface area (Å²) in [6, 6.07) is 23.1. The summed E-state index contributed by atoms with van der Waals surface area (Å²) in [5.74, 6) is -0.000709. The molecule has 4 rings (SSSR count). The van der Waals surface area contributed by atoms with Crippen molar-refractivity contribution >= 4 is 27.3 Å². The molecule has 0 spiro atoms. The van der Waals surface area contributed by atoms with Crippen molar-refractivity contribution in [3.63, 3.8) is 0 Å². The van der Waals surface area contributed by atoms with Crippen molar-refractivity contribution in [3.05, 3.63) is 84.4 Å². The molecule has 3 aromatic rings. The van der Waals surface area contributed by atoms with E-state index in [0.29, 0.717) is 24.6 Å². The Balaban J connectivity index is 1.51. The summed E-state index contributed by atoms with van der Waals surface area (Å²) in [6.45, 7) is 4.29. The van der Waals surface area contributed by atoms with Gasteiger partial charge in [0.15, 0.2) is 0 Å². The van der Waals surface area contributed by atoms with Crippen molar-refractivity contribution in [2.45, 2.75) is 31.2 Å². The van der Waals surface area contributed by atoms with Crippen molar-refractivity contribution in [3.8, 4) is 5.75 Å². The van der Waals surface area contributed by atoms with Gasteiger partial charge in [0.05, 0.1) is 17.2 Å². The van der Waals surface area contributed by atoms with Crippen LogP contribution < -0.4 is 19.3 Å².